The highest BCUT2D eigenvalue weighted by Gasteiger charge is 2.22. The largest absolute Gasteiger partial charge is 0.496 e. The second kappa shape index (κ2) is 4.06. The van der Waals surface area contributed by atoms with E-state index in [1.807, 2.05) is 14.0 Å². The SMILES string of the molecule is CNC(C1=CCCO1)c1snnc1C. The molecule has 5 heteroatoms. The van der Waals surface area contributed by atoms with E-state index < -0.39 is 0 Å². The van der Waals surface area contributed by atoms with Crippen LogP contribution in [0.1, 0.15) is 23.0 Å². The summed E-state index contributed by atoms with van der Waals surface area (Å²) >= 11 is 1.42. The molecule has 0 bridgehead atoms. The molecule has 0 saturated carbocycles. The van der Waals surface area contributed by atoms with Crippen molar-refractivity contribution in [1.29, 1.82) is 0 Å². The lowest BCUT2D eigenvalue weighted by atomic mass is 10.1. The molecule has 14 heavy (non-hydrogen) atoms. The normalized spacial score (nSPS) is 17.7. The van der Waals surface area contributed by atoms with Gasteiger partial charge in [0, 0.05) is 6.42 Å². The van der Waals surface area contributed by atoms with Crippen LogP contribution in [0.3, 0.4) is 0 Å². The second-order valence-electron chi connectivity index (χ2n) is 3.19. The van der Waals surface area contributed by atoms with Crippen molar-refractivity contribution >= 4 is 11.5 Å². The van der Waals surface area contributed by atoms with Gasteiger partial charge in [-0.2, -0.15) is 0 Å². The highest BCUT2D eigenvalue weighted by molar-refractivity contribution is 7.05. The first-order valence-corrected chi connectivity index (χ1v) is 5.39. The van der Waals surface area contributed by atoms with E-state index in [0.717, 1.165) is 29.4 Å². The standard InChI is InChI=1S/C9H13N3OS/c1-6-9(14-12-11-6)8(10-2)7-4-3-5-13-7/h4,8,10H,3,5H2,1-2H3. The van der Waals surface area contributed by atoms with Gasteiger partial charge >= 0.3 is 0 Å². The number of ether oxygens (including phenoxy) is 1. The summed E-state index contributed by atoms with van der Waals surface area (Å²) in [6.07, 6.45) is 3.12. The molecule has 0 aromatic carbocycles. The summed E-state index contributed by atoms with van der Waals surface area (Å²) < 4.78 is 9.47. The molecule has 76 valence electrons. The molecule has 2 heterocycles. The summed E-state index contributed by atoms with van der Waals surface area (Å²) in [5, 5.41) is 7.23. The van der Waals surface area contributed by atoms with E-state index in [1.165, 1.54) is 11.5 Å². The summed E-state index contributed by atoms with van der Waals surface area (Å²) in [7, 11) is 1.92. The van der Waals surface area contributed by atoms with Gasteiger partial charge in [0.25, 0.3) is 0 Å². The lowest BCUT2D eigenvalue weighted by Gasteiger charge is -2.15. The Bertz CT molecular complexity index is 348. The zero-order chi connectivity index (χ0) is 9.97. The number of aromatic nitrogens is 2. The van der Waals surface area contributed by atoms with Crippen LogP contribution in [0.15, 0.2) is 11.8 Å². The van der Waals surface area contributed by atoms with Crippen molar-refractivity contribution in [1.82, 2.24) is 14.9 Å². The number of hydrogen-bond donors (Lipinski definition) is 1. The zero-order valence-corrected chi connectivity index (χ0v) is 9.10. The Balaban J connectivity index is 2.25. The maximum absolute atomic E-state index is 5.53. The van der Waals surface area contributed by atoms with Crippen LogP contribution in [-0.2, 0) is 4.74 Å². The molecule has 0 radical (unpaired) electrons. The smallest absolute Gasteiger partial charge is 0.115 e. The van der Waals surface area contributed by atoms with Crippen LogP contribution in [0.4, 0.5) is 0 Å². The lowest BCUT2D eigenvalue weighted by Crippen LogP contribution is -2.18. The maximum atomic E-state index is 5.53. The van der Waals surface area contributed by atoms with Gasteiger partial charge < -0.3 is 10.1 Å². The molecule has 1 unspecified atom stereocenters. The van der Waals surface area contributed by atoms with E-state index in [-0.39, 0.29) is 6.04 Å². The average molecular weight is 211 g/mol. The van der Waals surface area contributed by atoms with Crippen molar-refractivity contribution in [3.63, 3.8) is 0 Å². The molecule has 0 spiro atoms. The van der Waals surface area contributed by atoms with E-state index in [9.17, 15) is 0 Å². The highest BCUT2D eigenvalue weighted by atomic mass is 32.1. The molecule has 1 aliphatic rings. The number of hydrogen-bond acceptors (Lipinski definition) is 5. The first-order chi connectivity index (χ1) is 6.83. The summed E-state index contributed by atoms with van der Waals surface area (Å²) in [6, 6.07) is 0.123. The van der Waals surface area contributed by atoms with Crippen molar-refractivity contribution < 1.29 is 4.74 Å². The fourth-order valence-corrected chi connectivity index (χ4v) is 2.31. The van der Waals surface area contributed by atoms with E-state index in [0.29, 0.717) is 0 Å². The third-order valence-corrected chi connectivity index (χ3v) is 3.15. The molecule has 2 rings (SSSR count). The Morgan fingerprint density at radius 2 is 2.50 bits per heavy atom. The van der Waals surface area contributed by atoms with Crippen LogP contribution in [0.5, 0.6) is 0 Å². The molecule has 1 aromatic rings. The Morgan fingerprint density at radius 3 is 3.00 bits per heavy atom. The minimum Gasteiger partial charge on any atom is -0.496 e. The van der Waals surface area contributed by atoms with Crippen LogP contribution in [0, 0.1) is 6.92 Å². The molecule has 0 amide bonds. The van der Waals surface area contributed by atoms with Gasteiger partial charge in [0.1, 0.15) is 11.8 Å². The Kier molecular flexibility index (Phi) is 2.79. The number of nitrogens with one attached hydrogen (secondary N) is 1. The molecule has 0 saturated heterocycles. The third-order valence-electron chi connectivity index (χ3n) is 2.25. The fraction of sp³-hybridized carbons (Fsp3) is 0.556. The Labute approximate surface area is 87.1 Å². The lowest BCUT2D eigenvalue weighted by molar-refractivity contribution is 0.218. The molecule has 4 nitrogen and oxygen atoms in total. The van der Waals surface area contributed by atoms with Gasteiger partial charge in [0.05, 0.1) is 17.2 Å². The summed E-state index contributed by atoms with van der Waals surface area (Å²) in [6.45, 7) is 2.76. The first kappa shape index (κ1) is 9.61. The summed E-state index contributed by atoms with van der Waals surface area (Å²) in [5.41, 5.74) is 0.978. The fourth-order valence-electron chi connectivity index (χ4n) is 1.54. The molecule has 0 aliphatic carbocycles. The quantitative estimate of drug-likeness (QED) is 0.821. The van der Waals surface area contributed by atoms with E-state index in [4.69, 9.17) is 4.74 Å². The minimum absolute atomic E-state index is 0.123. The second-order valence-corrected chi connectivity index (χ2v) is 3.97. The van der Waals surface area contributed by atoms with E-state index >= 15 is 0 Å². The average Bonchev–Trinajstić information content (AvgIpc) is 2.80. The molecular weight excluding hydrogens is 198 g/mol. The number of nitrogens with zero attached hydrogens (tertiary/aromatic N) is 2. The van der Waals surface area contributed by atoms with E-state index in [2.05, 4.69) is 21.0 Å². The number of aryl methyl sites for hydroxylation is 1. The third kappa shape index (κ3) is 1.65. The first-order valence-electron chi connectivity index (χ1n) is 4.62. The molecule has 1 atom stereocenters. The monoisotopic (exact) mass is 211 g/mol. The zero-order valence-electron chi connectivity index (χ0n) is 8.28. The summed E-state index contributed by atoms with van der Waals surface area (Å²) in [4.78, 5) is 1.14. The molecular formula is C9H13N3OS. The Hall–Kier alpha value is -0.940. The van der Waals surface area contributed by atoms with Crippen LogP contribution < -0.4 is 5.32 Å². The van der Waals surface area contributed by atoms with Crippen molar-refractivity contribution in [3.05, 3.63) is 22.4 Å². The van der Waals surface area contributed by atoms with Gasteiger partial charge in [-0.3, -0.25) is 0 Å². The highest BCUT2D eigenvalue weighted by Crippen LogP contribution is 2.29. The predicted octanol–water partition coefficient (Wildman–Crippen LogP) is 1.41. The molecule has 0 fully saturated rings. The number of likely N-dealkylation sites (N-methyl/N-ethyl adjacent to an activating group) is 1. The molecule has 1 aliphatic heterocycles. The summed E-state index contributed by atoms with van der Waals surface area (Å²) in [5.74, 6) is 1.00. The van der Waals surface area contributed by atoms with Gasteiger partial charge in [-0.1, -0.05) is 4.49 Å². The number of rotatable bonds is 3. The minimum atomic E-state index is 0.123. The molecule has 1 N–H and O–H groups in total. The van der Waals surface area contributed by atoms with Gasteiger partial charge in [-0.05, 0) is 31.6 Å². The van der Waals surface area contributed by atoms with Gasteiger partial charge in [-0.15, -0.1) is 5.10 Å². The predicted molar refractivity (Wildman–Crippen MR) is 55.1 cm³/mol. The van der Waals surface area contributed by atoms with Crippen LogP contribution in [-0.4, -0.2) is 23.2 Å². The van der Waals surface area contributed by atoms with Crippen molar-refractivity contribution in [2.45, 2.75) is 19.4 Å². The topological polar surface area (TPSA) is 47.0 Å². The van der Waals surface area contributed by atoms with Crippen molar-refractivity contribution in [2.75, 3.05) is 13.7 Å². The van der Waals surface area contributed by atoms with Crippen LogP contribution in [0.25, 0.3) is 0 Å². The van der Waals surface area contributed by atoms with Gasteiger partial charge in [0.15, 0.2) is 0 Å². The van der Waals surface area contributed by atoms with Crippen LogP contribution in [0.2, 0.25) is 0 Å². The van der Waals surface area contributed by atoms with Gasteiger partial charge in [-0.25, -0.2) is 0 Å². The van der Waals surface area contributed by atoms with Gasteiger partial charge in [0.2, 0.25) is 0 Å². The molecule has 1 aromatic heterocycles. The van der Waals surface area contributed by atoms with Crippen molar-refractivity contribution in [2.24, 2.45) is 0 Å². The van der Waals surface area contributed by atoms with Crippen LogP contribution >= 0.6 is 11.5 Å². The van der Waals surface area contributed by atoms with E-state index in [1.54, 1.807) is 0 Å². The van der Waals surface area contributed by atoms with Crippen molar-refractivity contribution in [3.8, 4) is 0 Å². The maximum Gasteiger partial charge on any atom is 0.115 e. The Morgan fingerprint density at radius 1 is 1.64 bits per heavy atom.